The molecular formula is C36H32N4O3S. The van der Waals surface area contributed by atoms with Crippen molar-refractivity contribution in [3.8, 4) is 0 Å². The van der Waals surface area contributed by atoms with Gasteiger partial charge in [-0.2, -0.15) is 0 Å². The van der Waals surface area contributed by atoms with E-state index < -0.39 is 5.91 Å². The van der Waals surface area contributed by atoms with Gasteiger partial charge in [0.05, 0.1) is 5.75 Å². The van der Waals surface area contributed by atoms with Crippen LogP contribution in [-0.4, -0.2) is 37.6 Å². The molecule has 3 amide bonds. The van der Waals surface area contributed by atoms with Gasteiger partial charge >= 0.3 is 0 Å². The number of hydrogen-bond donors (Lipinski definition) is 3. The third kappa shape index (κ3) is 8.14. The molecular weight excluding hydrogens is 568 g/mol. The molecule has 7 nitrogen and oxygen atoms in total. The highest BCUT2D eigenvalue weighted by atomic mass is 32.2. The standard InChI is InChI=1S/C36H32N4O3S/c1-40(2)31-18-12-25(13-19-31)22-33(39-35(42)27-9-4-3-5-10-27)36(43)38-29-16-20-32(21-17-29)44-24-34(41)37-30-15-14-26-8-6-7-11-28(26)23-30/h3-23H,24H2,1-2H3,(H,37,41)(H,38,43)(H,39,42)/b33-22-. The van der Waals surface area contributed by atoms with Gasteiger partial charge in [-0.15, -0.1) is 11.8 Å². The summed E-state index contributed by atoms with van der Waals surface area (Å²) < 4.78 is 0. The van der Waals surface area contributed by atoms with Gasteiger partial charge in [0.1, 0.15) is 5.70 Å². The van der Waals surface area contributed by atoms with Crippen molar-refractivity contribution >= 4 is 63.4 Å². The molecule has 0 fully saturated rings. The maximum Gasteiger partial charge on any atom is 0.272 e. The number of nitrogens with one attached hydrogen (secondary N) is 3. The largest absolute Gasteiger partial charge is 0.378 e. The Morgan fingerprint density at radius 3 is 2.07 bits per heavy atom. The molecule has 0 heterocycles. The van der Waals surface area contributed by atoms with E-state index in [-0.39, 0.29) is 23.3 Å². The summed E-state index contributed by atoms with van der Waals surface area (Å²) in [6.07, 6.45) is 1.65. The van der Waals surface area contributed by atoms with Crippen molar-refractivity contribution in [3.05, 3.63) is 138 Å². The molecule has 0 aliphatic rings. The molecule has 5 aromatic rings. The molecule has 0 aliphatic heterocycles. The summed E-state index contributed by atoms with van der Waals surface area (Å²) in [5.41, 5.74) is 3.65. The summed E-state index contributed by atoms with van der Waals surface area (Å²) in [4.78, 5) is 41.7. The van der Waals surface area contributed by atoms with Gasteiger partial charge in [-0.3, -0.25) is 14.4 Å². The van der Waals surface area contributed by atoms with Crippen LogP contribution in [0.5, 0.6) is 0 Å². The molecule has 0 saturated carbocycles. The maximum atomic E-state index is 13.4. The molecule has 0 unspecified atom stereocenters. The number of nitrogens with zero attached hydrogens (tertiary/aromatic N) is 1. The lowest BCUT2D eigenvalue weighted by atomic mass is 10.1. The first-order valence-electron chi connectivity index (χ1n) is 14.0. The Labute approximate surface area is 261 Å². The number of carbonyl (C=O) groups is 3. The molecule has 8 heteroatoms. The van der Waals surface area contributed by atoms with Crippen LogP contribution >= 0.6 is 11.8 Å². The first-order valence-corrected chi connectivity index (χ1v) is 15.0. The van der Waals surface area contributed by atoms with E-state index in [0.717, 1.165) is 32.6 Å². The van der Waals surface area contributed by atoms with E-state index in [1.807, 2.05) is 104 Å². The second-order valence-corrected chi connectivity index (χ2v) is 11.3. The van der Waals surface area contributed by atoms with Crippen LogP contribution in [0.25, 0.3) is 16.8 Å². The van der Waals surface area contributed by atoms with Crippen LogP contribution in [0, 0.1) is 0 Å². The number of amides is 3. The van der Waals surface area contributed by atoms with Crippen molar-refractivity contribution in [3.63, 3.8) is 0 Å². The summed E-state index contributed by atoms with van der Waals surface area (Å²) in [5.74, 6) is -0.708. The highest BCUT2D eigenvalue weighted by molar-refractivity contribution is 8.00. The number of rotatable bonds is 10. The molecule has 3 N–H and O–H groups in total. The average molecular weight is 601 g/mol. The van der Waals surface area contributed by atoms with E-state index in [9.17, 15) is 14.4 Å². The van der Waals surface area contributed by atoms with Crippen LogP contribution in [0.15, 0.2) is 132 Å². The highest BCUT2D eigenvalue weighted by Gasteiger charge is 2.15. The predicted octanol–water partition coefficient (Wildman–Crippen LogP) is 7.05. The molecule has 0 spiro atoms. The fourth-order valence-corrected chi connectivity index (χ4v) is 5.12. The molecule has 0 aliphatic carbocycles. The summed E-state index contributed by atoms with van der Waals surface area (Å²) in [6.45, 7) is 0. The second kappa shape index (κ2) is 14.2. The van der Waals surface area contributed by atoms with E-state index in [1.54, 1.807) is 42.5 Å². The molecule has 44 heavy (non-hydrogen) atoms. The Balaban J connectivity index is 1.22. The van der Waals surface area contributed by atoms with Gasteiger partial charge in [0, 0.05) is 41.6 Å². The van der Waals surface area contributed by atoms with Gasteiger partial charge in [-0.25, -0.2) is 0 Å². The summed E-state index contributed by atoms with van der Waals surface area (Å²) in [6, 6.07) is 37.5. The van der Waals surface area contributed by atoms with Crippen LogP contribution in [0.1, 0.15) is 15.9 Å². The van der Waals surface area contributed by atoms with Crippen molar-refractivity contribution in [2.45, 2.75) is 4.90 Å². The zero-order valence-corrected chi connectivity index (χ0v) is 25.2. The number of anilines is 3. The molecule has 0 aromatic heterocycles. The van der Waals surface area contributed by atoms with Gasteiger partial charge in [-0.05, 0) is 83.1 Å². The van der Waals surface area contributed by atoms with Gasteiger partial charge in [-0.1, -0.05) is 60.7 Å². The van der Waals surface area contributed by atoms with Crippen molar-refractivity contribution in [1.29, 1.82) is 0 Å². The quantitative estimate of drug-likeness (QED) is 0.118. The maximum absolute atomic E-state index is 13.4. The SMILES string of the molecule is CN(C)c1ccc(/C=C(\NC(=O)c2ccccc2)C(=O)Nc2ccc(SCC(=O)Nc3ccc4ccccc4c3)cc2)cc1. The molecule has 0 saturated heterocycles. The van der Waals surface area contributed by atoms with Crippen LogP contribution in [-0.2, 0) is 9.59 Å². The fourth-order valence-electron chi connectivity index (χ4n) is 4.42. The lowest BCUT2D eigenvalue weighted by Gasteiger charge is -2.13. The Morgan fingerprint density at radius 2 is 1.36 bits per heavy atom. The van der Waals surface area contributed by atoms with Crippen LogP contribution < -0.4 is 20.9 Å². The minimum Gasteiger partial charge on any atom is -0.378 e. The third-order valence-electron chi connectivity index (χ3n) is 6.76. The number of benzene rings is 5. The van der Waals surface area contributed by atoms with E-state index >= 15 is 0 Å². The van der Waals surface area contributed by atoms with Crippen molar-refractivity contribution in [2.75, 3.05) is 35.4 Å². The van der Waals surface area contributed by atoms with Crippen molar-refractivity contribution in [1.82, 2.24) is 5.32 Å². The first-order chi connectivity index (χ1) is 21.3. The normalized spacial score (nSPS) is 11.1. The Morgan fingerprint density at radius 1 is 0.705 bits per heavy atom. The lowest BCUT2D eigenvalue weighted by molar-refractivity contribution is -0.114. The lowest BCUT2D eigenvalue weighted by Crippen LogP contribution is -2.30. The van der Waals surface area contributed by atoms with Crippen LogP contribution in [0.2, 0.25) is 0 Å². The van der Waals surface area contributed by atoms with Crippen molar-refractivity contribution < 1.29 is 14.4 Å². The third-order valence-corrected chi connectivity index (χ3v) is 7.78. The van der Waals surface area contributed by atoms with E-state index in [4.69, 9.17) is 0 Å². The smallest absolute Gasteiger partial charge is 0.272 e. The molecule has 5 rings (SSSR count). The zero-order valence-electron chi connectivity index (χ0n) is 24.4. The predicted molar refractivity (Wildman–Crippen MR) is 181 cm³/mol. The average Bonchev–Trinajstić information content (AvgIpc) is 3.04. The van der Waals surface area contributed by atoms with Gasteiger partial charge in [0.15, 0.2) is 0 Å². The van der Waals surface area contributed by atoms with Gasteiger partial charge in [0.2, 0.25) is 5.91 Å². The Kier molecular flexibility index (Phi) is 9.74. The van der Waals surface area contributed by atoms with Gasteiger partial charge in [0.25, 0.3) is 11.8 Å². The molecule has 5 aromatic carbocycles. The minimum atomic E-state index is -0.457. The Bertz CT molecular complexity index is 1800. The van der Waals surface area contributed by atoms with E-state index in [1.165, 1.54) is 11.8 Å². The number of carbonyl (C=O) groups excluding carboxylic acids is 3. The number of thioether (sulfide) groups is 1. The molecule has 0 bridgehead atoms. The minimum absolute atomic E-state index is 0.106. The zero-order chi connectivity index (χ0) is 30.9. The molecule has 0 radical (unpaired) electrons. The van der Waals surface area contributed by atoms with Crippen LogP contribution in [0.3, 0.4) is 0 Å². The fraction of sp³-hybridized carbons (Fsp3) is 0.0833. The molecule has 0 atom stereocenters. The topological polar surface area (TPSA) is 90.5 Å². The van der Waals surface area contributed by atoms with E-state index in [2.05, 4.69) is 16.0 Å². The first kappa shape index (κ1) is 30.1. The van der Waals surface area contributed by atoms with Crippen molar-refractivity contribution in [2.24, 2.45) is 0 Å². The van der Waals surface area contributed by atoms with E-state index in [0.29, 0.717) is 11.3 Å². The number of fused-ring (bicyclic) bond motifs is 1. The summed E-state index contributed by atoms with van der Waals surface area (Å²) >= 11 is 1.40. The Hall–Kier alpha value is -5.34. The number of hydrogen-bond acceptors (Lipinski definition) is 5. The highest BCUT2D eigenvalue weighted by Crippen LogP contribution is 2.23. The second-order valence-electron chi connectivity index (χ2n) is 10.2. The summed E-state index contributed by atoms with van der Waals surface area (Å²) in [5, 5.41) is 10.8. The summed E-state index contributed by atoms with van der Waals surface area (Å²) in [7, 11) is 3.91. The van der Waals surface area contributed by atoms with Crippen LogP contribution in [0.4, 0.5) is 17.1 Å². The molecule has 220 valence electrons. The van der Waals surface area contributed by atoms with Gasteiger partial charge < -0.3 is 20.9 Å². The monoisotopic (exact) mass is 600 g/mol.